The van der Waals surface area contributed by atoms with Gasteiger partial charge in [0.05, 0.1) is 6.54 Å². The van der Waals surface area contributed by atoms with Crippen LogP contribution in [-0.2, 0) is 6.54 Å². The molecule has 0 N–H and O–H groups in total. The maximum Gasteiger partial charge on any atom is 0.274 e. The highest BCUT2D eigenvalue weighted by atomic mass is 16.2. The number of nitrogens with zero attached hydrogens (tertiary/aromatic N) is 3. The Morgan fingerprint density at radius 2 is 1.72 bits per heavy atom. The highest BCUT2D eigenvalue weighted by Crippen LogP contribution is 2.22. The van der Waals surface area contributed by atoms with Crippen LogP contribution in [0.5, 0.6) is 0 Å². The second-order valence-electron chi connectivity index (χ2n) is 7.36. The number of hydrogen-bond donors (Lipinski definition) is 0. The lowest BCUT2D eigenvalue weighted by Gasteiger charge is -2.34. The molecule has 1 amide bonds. The third kappa shape index (κ3) is 4.16. The average Bonchev–Trinajstić information content (AvgIpc) is 2.57. The van der Waals surface area contributed by atoms with Gasteiger partial charge in [-0.05, 0) is 36.8 Å². The largest absolute Gasteiger partial charge is 0.337 e. The summed E-state index contributed by atoms with van der Waals surface area (Å²) in [5.74, 6) is 0.897. The number of hydrogen-bond acceptors (Lipinski definition) is 3. The molecule has 1 fully saturated rings. The first-order valence-corrected chi connectivity index (χ1v) is 8.85. The van der Waals surface area contributed by atoms with Gasteiger partial charge in [-0.2, -0.15) is 5.10 Å². The minimum absolute atomic E-state index is 0.0870. The fourth-order valence-electron chi connectivity index (χ4n) is 3.53. The molecule has 0 aliphatic carbocycles. The van der Waals surface area contributed by atoms with Gasteiger partial charge in [0.2, 0.25) is 0 Å². The zero-order valence-electron chi connectivity index (χ0n) is 15.1. The Morgan fingerprint density at radius 3 is 2.36 bits per heavy atom. The Kier molecular flexibility index (Phi) is 5.02. The van der Waals surface area contributed by atoms with E-state index in [4.69, 9.17) is 0 Å². The molecule has 2 aromatic rings. The van der Waals surface area contributed by atoms with E-state index in [0.29, 0.717) is 24.1 Å². The van der Waals surface area contributed by atoms with Crippen molar-refractivity contribution in [3.8, 4) is 0 Å². The quantitative estimate of drug-likeness (QED) is 0.864. The summed E-state index contributed by atoms with van der Waals surface area (Å²) in [5, 5.41) is 4.33. The van der Waals surface area contributed by atoms with Crippen LogP contribution in [0.3, 0.4) is 0 Å². The first-order valence-electron chi connectivity index (χ1n) is 8.85. The van der Waals surface area contributed by atoms with Crippen LogP contribution in [0.25, 0.3) is 0 Å². The molecule has 2 atom stereocenters. The third-order valence-electron chi connectivity index (χ3n) is 4.69. The van der Waals surface area contributed by atoms with Crippen molar-refractivity contribution < 1.29 is 4.79 Å². The van der Waals surface area contributed by atoms with E-state index in [-0.39, 0.29) is 11.5 Å². The molecule has 0 saturated carbocycles. The fourth-order valence-corrected chi connectivity index (χ4v) is 3.53. The highest BCUT2D eigenvalue weighted by molar-refractivity contribution is 5.92. The van der Waals surface area contributed by atoms with E-state index in [0.717, 1.165) is 25.1 Å². The lowest BCUT2D eigenvalue weighted by Crippen LogP contribution is -2.43. The van der Waals surface area contributed by atoms with E-state index in [1.807, 2.05) is 36.1 Å². The van der Waals surface area contributed by atoms with Crippen LogP contribution in [0.2, 0.25) is 0 Å². The Morgan fingerprint density at radius 1 is 1.08 bits per heavy atom. The van der Waals surface area contributed by atoms with Gasteiger partial charge in [-0.25, -0.2) is 4.68 Å². The van der Waals surface area contributed by atoms with Gasteiger partial charge < -0.3 is 4.90 Å². The van der Waals surface area contributed by atoms with Crippen LogP contribution in [0, 0.1) is 18.8 Å². The maximum atomic E-state index is 12.8. The smallest absolute Gasteiger partial charge is 0.274 e. The van der Waals surface area contributed by atoms with Crippen molar-refractivity contribution >= 4 is 5.91 Å². The van der Waals surface area contributed by atoms with E-state index in [1.165, 1.54) is 16.3 Å². The molecule has 2 heterocycles. The molecule has 1 aromatic heterocycles. The molecule has 0 spiro atoms. The van der Waals surface area contributed by atoms with Crippen molar-refractivity contribution in [2.24, 2.45) is 11.8 Å². The predicted octanol–water partition coefficient (Wildman–Crippen LogP) is 2.72. The lowest BCUT2D eigenvalue weighted by molar-refractivity contribution is 0.0614. The normalized spacial score (nSPS) is 20.5. The Balaban J connectivity index is 1.82. The number of aromatic nitrogens is 2. The number of aryl methyl sites for hydroxylation is 1. The number of carbonyl (C=O) groups excluding carboxylic acids is 1. The number of piperidine rings is 1. The first-order chi connectivity index (χ1) is 11.9. The van der Waals surface area contributed by atoms with E-state index >= 15 is 0 Å². The molecule has 5 nitrogen and oxygen atoms in total. The molecule has 132 valence electrons. The molecule has 25 heavy (non-hydrogen) atoms. The molecular weight excluding hydrogens is 314 g/mol. The van der Waals surface area contributed by atoms with Crippen LogP contribution in [0.4, 0.5) is 0 Å². The number of rotatable bonds is 3. The van der Waals surface area contributed by atoms with E-state index in [1.54, 1.807) is 6.07 Å². The van der Waals surface area contributed by atoms with Crippen molar-refractivity contribution in [3.05, 3.63) is 63.6 Å². The third-order valence-corrected chi connectivity index (χ3v) is 4.69. The van der Waals surface area contributed by atoms with Gasteiger partial charge in [0.1, 0.15) is 5.69 Å². The van der Waals surface area contributed by atoms with Crippen LogP contribution in [-0.4, -0.2) is 33.7 Å². The number of carbonyl (C=O) groups is 1. The molecule has 1 aromatic carbocycles. The molecule has 5 heteroatoms. The second kappa shape index (κ2) is 7.21. The Labute approximate surface area is 148 Å². The zero-order valence-corrected chi connectivity index (χ0v) is 15.1. The summed E-state index contributed by atoms with van der Waals surface area (Å²) in [4.78, 5) is 26.8. The lowest BCUT2D eigenvalue weighted by atomic mass is 9.92. The second-order valence-corrected chi connectivity index (χ2v) is 7.36. The van der Waals surface area contributed by atoms with E-state index < -0.39 is 0 Å². The van der Waals surface area contributed by atoms with Crippen LogP contribution in [0.1, 0.15) is 41.9 Å². The standard InChI is InChI=1S/C20H25N3O2/c1-14-4-6-17(7-5-14)13-23-19(24)9-8-18(21-23)20(25)22-11-15(2)10-16(3)12-22/h4-9,15-16H,10-13H2,1-3H3. The summed E-state index contributed by atoms with van der Waals surface area (Å²) in [6, 6.07) is 10.9. The summed E-state index contributed by atoms with van der Waals surface area (Å²) in [6.45, 7) is 8.23. The summed E-state index contributed by atoms with van der Waals surface area (Å²) in [5.41, 5.74) is 2.30. The minimum Gasteiger partial charge on any atom is -0.337 e. The predicted molar refractivity (Wildman–Crippen MR) is 97.6 cm³/mol. The number of benzene rings is 1. The molecule has 3 rings (SSSR count). The van der Waals surface area contributed by atoms with E-state index in [2.05, 4.69) is 18.9 Å². The Hall–Kier alpha value is -2.43. The molecule has 0 bridgehead atoms. The van der Waals surface area contributed by atoms with Gasteiger partial charge in [0.15, 0.2) is 0 Å². The van der Waals surface area contributed by atoms with Crippen LogP contribution in [0.15, 0.2) is 41.2 Å². The molecule has 2 unspecified atom stereocenters. The molecular formula is C20H25N3O2. The number of likely N-dealkylation sites (tertiary alicyclic amines) is 1. The van der Waals surface area contributed by atoms with Crippen molar-refractivity contribution in [2.75, 3.05) is 13.1 Å². The van der Waals surface area contributed by atoms with Crippen molar-refractivity contribution in [1.29, 1.82) is 0 Å². The summed E-state index contributed by atoms with van der Waals surface area (Å²) in [7, 11) is 0. The van der Waals surface area contributed by atoms with Gasteiger partial charge in [0, 0.05) is 19.2 Å². The molecule has 1 aliphatic heterocycles. The van der Waals surface area contributed by atoms with E-state index in [9.17, 15) is 9.59 Å². The minimum atomic E-state index is -0.197. The first kappa shape index (κ1) is 17.4. The van der Waals surface area contributed by atoms with Gasteiger partial charge in [0.25, 0.3) is 11.5 Å². The van der Waals surface area contributed by atoms with Gasteiger partial charge in [-0.15, -0.1) is 0 Å². The van der Waals surface area contributed by atoms with Gasteiger partial charge in [-0.3, -0.25) is 9.59 Å². The van der Waals surface area contributed by atoms with Crippen molar-refractivity contribution in [3.63, 3.8) is 0 Å². The SMILES string of the molecule is Cc1ccc(Cn2nc(C(=O)N3CC(C)CC(C)C3)ccc2=O)cc1. The van der Waals surface area contributed by atoms with Crippen LogP contribution >= 0.6 is 0 Å². The average molecular weight is 339 g/mol. The fraction of sp³-hybridized carbons (Fsp3) is 0.450. The maximum absolute atomic E-state index is 12.8. The molecule has 0 radical (unpaired) electrons. The van der Waals surface area contributed by atoms with Gasteiger partial charge >= 0.3 is 0 Å². The summed E-state index contributed by atoms with van der Waals surface area (Å²) >= 11 is 0. The summed E-state index contributed by atoms with van der Waals surface area (Å²) < 4.78 is 1.37. The van der Waals surface area contributed by atoms with Crippen molar-refractivity contribution in [2.45, 2.75) is 33.7 Å². The number of amides is 1. The Bertz CT molecular complexity index is 800. The van der Waals surface area contributed by atoms with Gasteiger partial charge in [-0.1, -0.05) is 43.7 Å². The highest BCUT2D eigenvalue weighted by Gasteiger charge is 2.27. The monoisotopic (exact) mass is 339 g/mol. The zero-order chi connectivity index (χ0) is 18.0. The topological polar surface area (TPSA) is 55.2 Å². The molecule has 1 saturated heterocycles. The van der Waals surface area contributed by atoms with Crippen LogP contribution < -0.4 is 5.56 Å². The van der Waals surface area contributed by atoms with Crippen molar-refractivity contribution in [1.82, 2.24) is 14.7 Å². The summed E-state index contributed by atoms with van der Waals surface area (Å²) in [6.07, 6.45) is 1.14. The molecule has 1 aliphatic rings.